The molecule has 0 spiro atoms. The summed E-state index contributed by atoms with van der Waals surface area (Å²) in [5.74, 6) is 0.577. The topological polar surface area (TPSA) is 54.8 Å². The molecule has 1 aliphatic heterocycles. The van der Waals surface area contributed by atoms with E-state index in [1.807, 2.05) is 60.7 Å². The van der Waals surface area contributed by atoms with Crippen LogP contribution >= 0.6 is 23.4 Å². The number of hydrogen-bond donors (Lipinski definition) is 0. The third-order valence-corrected chi connectivity index (χ3v) is 5.43. The number of pyridine rings is 1. The van der Waals surface area contributed by atoms with Gasteiger partial charge in [-0.1, -0.05) is 41.9 Å². The number of hydrogen-bond acceptors (Lipinski definition) is 5. The first-order valence-electron chi connectivity index (χ1n) is 8.78. The molecule has 0 atom stereocenters. The minimum Gasteiger partial charge on any atom is -0.497 e. The van der Waals surface area contributed by atoms with Crippen LogP contribution < -0.4 is 9.64 Å². The fourth-order valence-electron chi connectivity index (χ4n) is 2.80. The lowest BCUT2D eigenvalue weighted by Crippen LogP contribution is -2.28. The third kappa shape index (κ3) is 4.18. The zero-order valence-electron chi connectivity index (χ0n) is 15.4. The number of anilines is 1. The fourth-order valence-corrected chi connectivity index (χ4v) is 3.96. The Kier molecular flexibility index (Phi) is 5.64. The number of aliphatic imine (C=N–C) groups is 1. The molecule has 0 aliphatic carbocycles. The highest BCUT2D eigenvalue weighted by Crippen LogP contribution is 2.38. The van der Waals surface area contributed by atoms with E-state index in [1.54, 1.807) is 30.3 Å². The van der Waals surface area contributed by atoms with Crippen molar-refractivity contribution in [3.05, 3.63) is 88.5 Å². The summed E-state index contributed by atoms with van der Waals surface area (Å²) in [7, 11) is 1.61. The van der Waals surface area contributed by atoms with Gasteiger partial charge in [0.05, 0.1) is 17.7 Å². The summed E-state index contributed by atoms with van der Waals surface area (Å²) >= 11 is 7.47. The number of carbonyl (C=O) groups excluding carboxylic acids is 1. The van der Waals surface area contributed by atoms with Gasteiger partial charge in [-0.25, -0.2) is 9.98 Å². The molecule has 5 nitrogen and oxygen atoms in total. The Bertz CT molecular complexity index is 1120. The van der Waals surface area contributed by atoms with Gasteiger partial charge in [-0.2, -0.15) is 0 Å². The first-order valence-corrected chi connectivity index (χ1v) is 9.97. The lowest BCUT2D eigenvalue weighted by molar-refractivity contribution is -0.113. The molecular weight excluding hydrogens is 406 g/mol. The summed E-state index contributed by atoms with van der Waals surface area (Å²) in [4.78, 5) is 24.0. The number of methoxy groups -OCH3 is 1. The minimum atomic E-state index is -0.150. The van der Waals surface area contributed by atoms with Gasteiger partial charge < -0.3 is 4.74 Å². The van der Waals surface area contributed by atoms with Crippen molar-refractivity contribution < 1.29 is 9.53 Å². The van der Waals surface area contributed by atoms with Gasteiger partial charge in [0.15, 0.2) is 10.3 Å². The molecule has 7 heteroatoms. The summed E-state index contributed by atoms with van der Waals surface area (Å²) in [5.41, 5.74) is 2.11. The average molecular weight is 422 g/mol. The summed E-state index contributed by atoms with van der Waals surface area (Å²) in [6.45, 7) is 0. The number of benzene rings is 2. The average Bonchev–Trinajstić information content (AvgIpc) is 3.05. The molecule has 1 fully saturated rings. The van der Waals surface area contributed by atoms with Gasteiger partial charge >= 0.3 is 0 Å². The first kappa shape index (κ1) is 19.2. The van der Waals surface area contributed by atoms with E-state index in [1.165, 1.54) is 11.8 Å². The second-order valence-electron chi connectivity index (χ2n) is 6.07. The van der Waals surface area contributed by atoms with Crippen LogP contribution in [0, 0.1) is 0 Å². The second kappa shape index (κ2) is 8.51. The number of thioether (sulfide) groups is 1. The number of rotatable bonds is 4. The van der Waals surface area contributed by atoms with Gasteiger partial charge in [0.1, 0.15) is 11.4 Å². The SMILES string of the molecule is COc1cccc(/C=C2\SC(=Nc3cccnc3Cl)N(c3ccccc3)C2=O)c1. The molecule has 144 valence electrons. The predicted octanol–water partition coefficient (Wildman–Crippen LogP) is 5.55. The maximum Gasteiger partial charge on any atom is 0.271 e. The van der Waals surface area contributed by atoms with E-state index < -0.39 is 0 Å². The van der Waals surface area contributed by atoms with E-state index in [9.17, 15) is 4.79 Å². The maximum atomic E-state index is 13.2. The van der Waals surface area contributed by atoms with Crippen LogP contribution in [0.4, 0.5) is 11.4 Å². The fraction of sp³-hybridized carbons (Fsp3) is 0.0455. The molecule has 0 saturated carbocycles. The lowest BCUT2D eigenvalue weighted by Gasteiger charge is -2.15. The number of aromatic nitrogens is 1. The summed E-state index contributed by atoms with van der Waals surface area (Å²) < 4.78 is 5.27. The van der Waals surface area contributed by atoms with Crippen molar-refractivity contribution >= 4 is 51.9 Å². The summed E-state index contributed by atoms with van der Waals surface area (Å²) in [6, 6.07) is 20.5. The molecule has 4 rings (SSSR count). The van der Waals surface area contributed by atoms with Crippen molar-refractivity contribution in [3.8, 4) is 5.75 Å². The largest absolute Gasteiger partial charge is 0.497 e. The Morgan fingerprint density at radius 1 is 1.10 bits per heavy atom. The van der Waals surface area contributed by atoms with E-state index >= 15 is 0 Å². The van der Waals surface area contributed by atoms with E-state index in [-0.39, 0.29) is 11.1 Å². The van der Waals surface area contributed by atoms with E-state index in [0.29, 0.717) is 15.8 Å². The van der Waals surface area contributed by atoms with Gasteiger partial charge in [-0.05, 0) is 59.8 Å². The van der Waals surface area contributed by atoms with Crippen LogP contribution in [0.15, 0.2) is 82.8 Å². The number of ether oxygens (including phenoxy) is 1. The number of amidine groups is 1. The molecule has 0 bridgehead atoms. The molecule has 1 aliphatic rings. The number of nitrogens with zero attached hydrogens (tertiary/aromatic N) is 3. The number of halogens is 1. The Morgan fingerprint density at radius 3 is 2.69 bits per heavy atom. The Labute approximate surface area is 177 Å². The standard InChI is InChI=1S/C22H16ClN3O2S/c1-28-17-10-5-7-15(13-17)14-19-21(27)26(16-8-3-2-4-9-16)22(29-19)25-18-11-6-12-24-20(18)23/h2-14H,1H3/b19-14-,25-22?. The highest BCUT2D eigenvalue weighted by Gasteiger charge is 2.34. The first-order chi connectivity index (χ1) is 14.2. The number of para-hydroxylation sites is 1. The van der Waals surface area contributed by atoms with Gasteiger partial charge in [-0.3, -0.25) is 9.69 Å². The molecule has 1 saturated heterocycles. The molecule has 29 heavy (non-hydrogen) atoms. The van der Waals surface area contributed by atoms with E-state index in [0.717, 1.165) is 17.0 Å². The van der Waals surface area contributed by atoms with Crippen molar-refractivity contribution in [3.63, 3.8) is 0 Å². The molecule has 1 aromatic heterocycles. The maximum absolute atomic E-state index is 13.2. The molecule has 3 aromatic rings. The van der Waals surface area contributed by atoms with Gasteiger partial charge in [-0.15, -0.1) is 0 Å². The molecule has 0 unspecified atom stereocenters. The molecule has 0 radical (unpaired) electrons. The zero-order chi connectivity index (χ0) is 20.2. The summed E-state index contributed by atoms with van der Waals surface area (Å²) in [5, 5.41) is 0.802. The monoisotopic (exact) mass is 421 g/mol. The summed E-state index contributed by atoms with van der Waals surface area (Å²) in [6.07, 6.45) is 3.43. The minimum absolute atomic E-state index is 0.150. The molecule has 2 aromatic carbocycles. The number of amides is 1. The van der Waals surface area contributed by atoms with Crippen LogP contribution in [-0.2, 0) is 4.79 Å². The molecule has 0 N–H and O–H groups in total. The van der Waals surface area contributed by atoms with Crippen molar-refractivity contribution in [2.75, 3.05) is 12.0 Å². The third-order valence-electron chi connectivity index (χ3n) is 4.17. The van der Waals surface area contributed by atoms with Crippen molar-refractivity contribution in [2.24, 2.45) is 4.99 Å². The Morgan fingerprint density at radius 2 is 1.93 bits per heavy atom. The smallest absolute Gasteiger partial charge is 0.271 e. The molecule has 2 heterocycles. The molecule has 1 amide bonds. The highest BCUT2D eigenvalue weighted by molar-refractivity contribution is 8.19. The zero-order valence-corrected chi connectivity index (χ0v) is 17.0. The predicted molar refractivity (Wildman–Crippen MR) is 119 cm³/mol. The van der Waals surface area contributed by atoms with Gasteiger partial charge in [0.2, 0.25) is 0 Å². The van der Waals surface area contributed by atoms with Gasteiger partial charge in [0, 0.05) is 6.20 Å². The van der Waals surface area contributed by atoms with Crippen molar-refractivity contribution in [1.82, 2.24) is 4.98 Å². The van der Waals surface area contributed by atoms with Crippen LogP contribution in [0.2, 0.25) is 5.15 Å². The quantitative estimate of drug-likeness (QED) is 0.409. The Balaban J connectivity index is 1.78. The van der Waals surface area contributed by atoms with Gasteiger partial charge in [0.25, 0.3) is 5.91 Å². The second-order valence-corrected chi connectivity index (χ2v) is 7.44. The Hall–Kier alpha value is -3.09. The van der Waals surface area contributed by atoms with E-state index in [4.69, 9.17) is 16.3 Å². The van der Waals surface area contributed by atoms with Crippen LogP contribution in [0.25, 0.3) is 6.08 Å². The van der Waals surface area contributed by atoms with Crippen LogP contribution in [-0.4, -0.2) is 23.2 Å². The lowest BCUT2D eigenvalue weighted by atomic mass is 10.2. The van der Waals surface area contributed by atoms with E-state index in [2.05, 4.69) is 9.98 Å². The van der Waals surface area contributed by atoms with Crippen molar-refractivity contribution in [2.45, 2.75) is 0 Å². The molecular formula is C22H16ClN3O2S. The van der Waals surface area contributed by atoms with Crippen LogP contribution in [0.5, 0.6) is 5.75 Å². The van der Waals surface area contributed by atoms with Crippen LogP contribution in [0.3, 0.4) is 0 Å². The highest BCUT2D eigenvalue weighted by atomic mass is 35.5. The van der Waals surface area contributed by atoms with Crippen LogP contribution in [0.1, 0.15) is 5.56 Å². The normalized spacial score (nSPS) is 16.6. The van der Waals surface area contributed by atoms with Crippen molar-refractivity contribution in [1.29, 1.82) is 0 Å². The number of carbonyl (C=O) groups is 1.